The molecule has 0 radical (unpaired) electrons. The lowest BCUT2D eigenvalue weighted by atomic mass is 10.2. The molecule has 2 N–H and O–H groups in total. The summed E-state index contributed by atoms with van der Waals surface area (Å²) in [5.41, 5.74) is 1.65. The molecule has 0 saturated carbocycles. The lowest BCUT2D eigenvalue weighted by molar-refractivity contribution is -0.126. The van der Waals surface area contributed by atoms with E-state index in [1.54, 1.807) is 25.1 Å². The topological polar surface area (TPSA) is 112 Å². The van der Waals surface area contributed by atoms with E-state index in [0.29, 0.717) is 29.5 Å². The van der Waals surface area contributed by atoms with Crippen LogP contribution < -0.4 is 24.8 Å². The molecular formula is C22H26N2O7. The molecule has 0 unspecified atom stereocenters. The van der Waals surface area contributed by atoms with Crippen LogP contribution >= 0.6 is 0 Å². The number of carbonyl (C=O) groups is 3. The number of esters is 1. The molecule has 0 heterocycles. The summed E-state index contributed by atoms with van der Waals surface area (Å²) in [6.45, 7) is 3.26. The number of anilines is 1. The van der Waals surface area contributed by atoms with Gasteiger partial charge in [-0.05, 0) is 49.7 Å². The second kappa shape index (κ2) is 11.4. The van der Waals surface area contributed by atoms with Gasteiger partial charge in [-0.15, -0.1) is 0 Å². The van der Waals surface area contributed by atoms with E-state index in [9.17, 15) is 14.4 Å². The van der Waals surface area contributed by atoms with Gasteiger partial charge in [0, 0.05) is 0 Å². The van der Waals surface area contributed by atoms with Crippen LogP contribution in [0.3, 0.4) is 0 Å². The fraction of sp³-hybridized carbons (Fsp3) is 0.318. The molecule has 0 aliphatic heterocycles. The highest BCUT2D eigenvalue weighted by atomic mass is 16.5. The zero-order chi connectivity index (χ0) is 22.8. The van der Waals surface area contributed by atoms with Crippen molar-refractivity contribution in [3.8, 4) is 17.2 Å². The average Bonchev–Trinajstić information content (AvgIpc) is 2.76. The van der Waals surface area contributed by atoms with Crippen molar-refractivity contribution in [3.63, 3.8) is 0 Å². The molecule has 2 aromatic rings. The van der Waals surface area contributed by atoms with Crippen LogP contribution in [0.25, 0.3) is 0 Å². The number of rotatable bonds is 10. The maximum absolute atomic E-state index is 12.2. The molecule has 2 rings (SSSR count). The molecule has 31 heavy (non-hydrogen) atoms. The number of benzene rings is 2. The van der Waals surface area contributed by atoms with Crippen LogP contribution in [0.5, 0.6) is 17.2 Å². The van der Waals surface area contributed by atoms with Crippen molar-refractivity contribution < 1.29 is 33.3 Å². The van der Waals surface area contributed by atoms with Crippen LogP contribution in [0.1, 0.15) is 22.8 Å². The Hall–Kier alpha value is -3.75. The fourth-order valence-corrected chi connectivity index (χ4v) is 2.63. The van der Waals surface area contributed by atoms with Gasteiger partial charge in [0.15, 0.2) is 18.1 Å². The zero-order valence-electron chi connectivity index (χ0n) is 17.9. The van der Waals surface area contributed by atoms with Gasteiger partial charge < -0.3 is 29.6 Å². The number of carbonyl (C=O) groups excluding carboxylic acids is 3. The summed E-state index contributed by atoms with van der Waals surface area (Å²) in [5, 5.41) is 5.06. The van der Waals surface area contributed by atoms with E-state index < -0.39 is 24.4 Å². The molecule has 0 atom stereocenters. The number of hydrogen-bond acceptors (Lipinski definition) is 7. The first-order chi connectivity index (χ1) is 14.9. The van der Waals surface area contributed by atoms with Gasteiger partial charge in [0.25, 0.3) is 5.91 Å². The van der Waals surface area contributed by atoms with Gasteiger partial charge >= 0.3 is 5.97 Å². The Kier molecular flexibility index (Phi) is 8.68. The molecule has 2 amide bonds. The minimum atomic E-state index is -0.701. The third-order valence-corrected chi connectivity index (χ3v) is 4.11. The molecule has 0 saturated heterocycles. The predicted octanol–water partition coefficient (Wildman–Crippen LogP) is 2.32. The molecule has 0 bridgehead atoms. The number of nitrogens with one attached hydrogen (secondary N) is 2. The van der Waals surface area contributed by atoms with E-state index >= 15 is 0 Å². The number of hydrogen-bond donors (Lipinski definition) is 2. The smallest absolute Gasteiger partial charge is 0.338 e. The number of methoxy groups -OCH3 is 2. The first-order valence-electron chi connectivity index (χ1n) is 9.57. The van der Waals surface area contributed by atoms with Crippen molar-refractivity contribution in [2.24, 2.45) is 0 Å². The molecule has 0 spiro atoms. The number of ether oxygens (including phenoxy) is 4. The molecule has 0 aliphatic carbocycles. The Balaban J connectivity index is 1.84. The highest BCUT2D eigenvalue weighted by Crippen LogP contribution is 2.28. The van der Waals surface area contributed by atoms with Gasteiger partial charge in [-0.2, -0.15) is 0 Å². The van der Waals surface area contributed by atoms with E-state index in [4.69, 9.17) is 18.9 Å². The minimum Gasteiger partial charge on any atom is -0.495 e. The number of aryl methyl sites for hydroxylation is 1. The minimum absolute atomic E-state index is 0.210. The van der Waals surface area contributed by atoms with Gasteiger partial charge in [0.05, 0.1) is 38.6 Å². The summed E-state index contributed by atoms with van der Waals surface area (Å²) in [7, 11) is 2.99. The Morgan fingerprint density at radius 1 is 0.903 bits per heavy atom. The van der Waals surface area contributed by atoms with Crippen molar-refractivity contribution in [3.05, 3.63) is 47.5 Å². The molecule has 166 valence electrons. The second-order valence-electron chi connectivity index (χ2n) is 6.40. The Labute approximate surface area is 180 Å². The first-order valence-corrected chi connectivity index (χ1v) is 9.57. The van der Waals surface area contributed by atoms with Crippen LogP contribution in [0.15, 0.2) is 36.4 Å². The van der Waals surface area contributed by atoms with E-state index in [0.717, 1.165) is 5.56 Å². The molecular weight excluding hydrogens is 404 g/mol. The first kappa shape index (κ1) is 23.5. The van der Waals surface area contributed by atoms with Gasteiger partial charge in [-0.1, -0.05) is 6.07 Å². The lowest BCUT2D eigenvalue weighted by Gasteiger charge is -2.12. The molecule has 2 aromatic carbocycles. The summed E-state index contributed by atoms with van der Waals surface area (Å²) in [4.78, 5) is 36.2. The zero-order valence-corrected chi connectivity index (χ0v) is 17.9. The van der Waals surface area contributed by atoms with E-state index in [1.807, 2.05) is 13.0 Å². The quantitative estimate of drug-likeness (QED) is 0.556. The number of amides is 2. The summed E-state index contributed by atoms with van der Waals surface area (Å²) in [5.74, 6) is -0.379. The van der Waals surface area contributed by atoms with Crippen molar-refractivity contribution in [1.82, 2.24) is 5.32 Å². The summed E-state index contributed by atoms with van der Waals surface area (Å²) < 4.78 is 20.8. The SMILES string of the molecule is CCOc1cc(C(=O)OCC(=O)NCC(=O)Nc2cc(C)ccc2OC)ccc1OC. The van der Waals surface area contributed by atoms with Gasteiger partial charge in [0.2, 0.25) is 5.91 Å². The maximum Gasteiger partial charge on any atom is 0.338 e. The molecule has 0 aliphatic rings. The summed E-state index contributed by atoms with van der Waals surface area (Å²) >= 11 is 0. The van der Waals surface area contributed by atoms with E-state index in [1.165, 1.54) is 26.4 Å². The van der Waals surface area contributed by atoms with Gasteiger partial charge in [0.1, 0.15) is 5.75 Å². The monoisotopic (exact) mass is 430 g/mol. The lowest BCUT2D eigenvalue weighted by Crippen LogP contribution is -2.35. The van der Waals surface area contributed by atoms with Crippen molar-refractivity contribution in [1.29, 1.82) is 0 Å². The van der Waals surface area contributed by atoms with Crippen LogP contribution in [-0.4, -0.2) is 51.8 Å². The average molecular weight is 430 g/mol. The fourth-order valence-electron chi connectivity index (χ4n) is 2.63. The molecule has 9 nitrogen and oxygen atoms in total. The van der Waals surface area contributed by atoms with E-state index in [2.05, 4.69) is 10.6 Å². The largest absolute Gasteiger partial charge is 0.495 e. The Bertz CT molecular complexity index is 943. The standard InChI is InChI=1S/C22H26N2O7/c1-5-30-19-11-15(7-9-18(19)29-4)22(27)31-13-21(26)23-12-20(25)24-16-10-14(2)6-8-17(16)28-3/h6-11H,5,12-13H2,1-4H3,(H,23,26)(H,24,25). The summed E-state index contributed by atoms with van der Waals surface area (Å²) in [6, 6.07) is 9.90. The highest BCUT2D eigenvalue weighted by molar-refractivity contribution is 5.96. The Morgan fingerprint density at radius 2 is 1.61 bits per heavy atom. The van der Waals surface area contributed by atoms with Crippen LogP contribution in [0.2, 0.25) is 0 Å². The normalized spacial score (nSPS) is 10.1. The van der Waals surface area contributed by atoms with Crippen molar-refractivity contribution >= 4 is 23.5 Å². The van der Waals surface area contributed by atoms with Gasteiger partial charge in [-0.25, -0.2) is 4.79 Å². The molecule has 9 heteroatoms. The highest BCUT2D eigenvalue weighted by Gasteiger charge is 2.15. The third kappa shape index (κ3) is 6.91. The second-order valence-corrected chi connectivity index (χ2v) is 6.40. The van der Waals surface area contributed by atoms with Crippen LogP contribution in [-0.2, 0) is 14.3 Å². The van der Waals surface area contributed by atoms with E-state index in [-0.39, 0.29) is 12.1 Å². The molecule has 0 fully saturated rings. The molecule has 0 aromatic heterocycles. The van der Waals surface area contributed by atoms with Gasteiger partial charge in [-0.3, -0.25) is 9.59 Å². The van der Waals surface area contributed by atoms with Crippen molar-refractivity contribution in [2.75, 3.05) is 39.3 Å². The maximum atomic E-state index is 12.2. The predicted molar refractivity (Wildman–Crippen MR) is 114 cm³/mol. The van der Waals surface area contributed by atoms with Crippen molar-refractivity contribution in [2.45, 2.75) is 13.8 Å². The van der Waals surface area contributed by atoms with Crippen LogP contribution in [0.4, 0.5) is 5.69 Å². The Morgan fingerprint density at radius 3 is 2.29 bits per heavy atom. The van der Waals surface area contributed by atoms with Crippen LogP contribution in [0, 0.1) is 6.92 Å². The summed E-state index contributed by atoms with van der Waals surface area (Å²) in [6.07, 6.45) is 0. The third-order valence-electron chi connectivity index (χ3n) is 4.11.